The molecular weight excluding hydrogens is 234 g/mol. The monoisotopic (exact) mass is 253 g/mol. The topological polar surface area (TPSA) is 75.6 Å². The van der Waals surface area contributed by atoms with Gasteiger partial charge in [-0.15, -0.1) is 12.4 Å². The lowest BCUT2D eigenvalue weighted by atomic mass is 10.1. The number of esters is 1. The van der Waals surface area contributed by atoms with Gasteiger partial charge in [0.15, 0.2) is 0 Å². The van der Waals surface area contributed by atoms with E-state index in [1.807, 2.05) is 6.92 Å². The van der Waals surface area contributed by atoms with E-state index in [1.54, 1.807) is 6.92 Å². The smallest absolute Gasteiger partial charge is 0.323 e. The molecule has 0 aliphatic heterocycles. The van der Waals surface area contributed by atoms with E-state index >= 15 is 0 Å². The molecule has 0 aliphatic rings. The molecule has 0 fully saturated rings. The molecule has 0 amide bonds. The van der Waals surface area contributed by atoms with Crippen LogP contribution in [0.15, 0.2) is 0 Å². The van der Waals surface area contributed by atoms with Crippen LogP contribution in [0.2, 0.25) is 0 Å². The van der Waals surface area contributed by atoms with Crippen molar-refractivity contribution in [3.05, 3.63) is 0 Å². The van der Waals surface area contributed by atoms with Crippen molar-refractivity contribution in [1.82, 2.24) is 5.32 Å². The van der Waals surface area contributed by atoms with E-state index in [9.17, 15) is 9.59 Å². The highest BCUT2D eigenvalue weighted by Crippen LogP contribution is 2.01. The summed E-state index contributed by atoms with van der Waals surface area (Å²) < 4.78 is 4.84. The molecule has 0 aromatic heterocycles. The van der Waals surface area contributed by atoms with Crippen LogP contribution in [0.3, 0.4) is 0 Å². The summed E-state index contributed by atoms with van der Waals surface area (Å²) >= 11 is 0. The molecule has 96 valence electrons. The van der Waals surface area contributed by atoms with Gasteiger partial charge in [-0.2, -0.15) is 0 Å². The average molecular weight is 254 g/mol. The highest BCUT2D eigenvalue weighted by Gasteiger charge is 2.23. The van der Waals surface area contributed by atoms with Gasteiger partial charge in [0.05, 0.1) is 6.61 Å². The number of carbonyl (C=O) groups excluding carboxylic acids is 1. The fourth-order valence-corrected chi connectivity index (χ4v) is 1.17. The van der Waals surface area contributed by atoms with Crippen LogP contribution in [0.5, 0.6) is 0 Å². The number of aliphatic carboxylic acids is 1. The lowest BCUT2D eigenvalue weighted by Crippen LogP contribution is -2.46. The Morgan fingerprint density at radius 2 is 1.94 bits per heavy atom. The first-order chi connectivity index (χ1) is 7.02. The van der Waals surface area contributed by atoms with Crippen molar-refractivity contribution in [2.24, 2.45) is 0 Å². The maximum absolute atomic E-state index is 11.4. The zero-order valence-corrected chi connectivity index (χ0v) is 10.7. The van der Waals surface area contributed by atoms with Gasteiger partial charge in [-0.3, -0.25) is 14.9 Å². The molecule has 0 rings (SSSR count). The van der Waals surface area contributed by atoms with E-state index in [-0.39, 0.29) is 18.4 Å². The van der Waals surface area contributed by atoms with E-state index in [0.29, 0.717) is 13.0 Å². The molecule has 5 nitrogen and oxygen atoms in total. The molecule has 0 bridgehead atoms. The van der Waals surface area contributed by atoms with E-state index in [4.69, 9.17) is 9.84 Å². The third-order valence-corrected chi connectivity index (χ3v) is 1.97. The van der Waals surface area contributed by atoms with Crippen molar-refractivity contribution in [1.29, 1.82) is 0 Å². The van der Waals surface area contributed by atoms with Crippen LogP contribution >= 0.6 is 12.4 Å². The molecule has 16 heavy (non-hydrogen) atoms. The number of hydrogen-bond donors (Lipinski definition) is 2. The lowest BCUT2D eigenvalue weighted by Gasteiger charge is -2.18. The maximum Gasteiger partial charge on any atom is 0.323 e. The summed E-state index contributed by atoms with van der Waals surface area (Å²) in [6, 6.07) is -1.27. The van der Waals surface area contributed by atoms with Crippen LogP contribution in [0.4, 0.5) is 0 Å². The number of halogens is 1. The molecule has 0 heterocycles. The van der Waals surface area contributed by atoms with E-state index in [1.165, 1.54) is 6.92 Å². The minimum absolute atomic E-state index is 0. The van der Waals surface area contributed by atoms with Crippen molar-refractivity contribution in [3.63, 3.8) is 0 Å². The number of carboxylic acid groups (broad SMARTS) is 1. The first kappa shape index (κ1) is 17.6. The number of ether oxygens (including phenoxy) is 1. The van der Waals surface area contributed by atoms with Gasteiger partial charge < -0.3 is 9.84 Å². The molecule has 2 atom stereocenters. The van der Waals surface area contributed by atoms with Gasteiger partial charge in [0, 0.05) is 0 Å². The van der Waals surface area contributed by atoms with Crippen LogP contribution in [0.1, 0.15) is 33.6 Å². The molecular formula is C10H20ClNO4. The van der Waals surface area contributed by atoms with Gasteiger partial charge in [-0.1, -0.05) is 13.3 Å². The van der Waals surface area contributed by atoms with Crippen LogP contribution < -0.4 is 5.32 Å². The summed E-state index contributed by atoms with van der Waals surface area (Å²) in [6.45, 7) is 5.47. The van der Waals surface area contributed by atoms with Gasteiger partial charge >= 0.3 is 11.9 Å². The summed E-state index contributed by atoms with van der Waals surface area (Å²) in [5, 5.41) is 11.4. The zero-order valence-electron chi connectivity index (χ0n) is 9.86. The molecule has 6 heteroatoms. The number of rotatable bonds is 7. The largest absolute Gasteiger partial charge is 0.480 e. The second kappa shape index (κ2) is 9.42. The van der Waals surface area contributed by atoms with E-state index in [0.717, 1.165) is 6.42 Å². The molecule has 2 N–H and O–H groups in total. The van der Waals surface area contributed by atoms with Crippen molar-refractivity contribution < 1.29 is 19.4 Å². The predicted molar refractivity (Wildman–Crippen MR) is 62.8 cm³/mol. The van der Waals surface area contributed by atoms with Crippen molar-refractivity contribution in [3.8, 4) is 0 Å². The van der Waals surface area contributed by atoms with Crippen molar-refractivity contribution >= 4 is 24.3 Å². The standard InChI is InChI=1S/C10H19NO4.ClH/c1-4-6-8(10(14)15-5-2)11-7(3)9(12)13;/h7-8,11H,4-6H2,1-3H3,(H,12,13);1H/t7-,8-;/m0./s1. The van der Waals surface area contributed by atoms with E-state index in [2.05, 4.69) is 5.32 Å². The summed E-state index contributed by atoms with van der Waals surface area (Å²) in [5.41, 5.74) is 0. The molecule has 0 radical (unpaired) electrons. The van der Waals surface area contributed by atoms with E-state index < -0.39 is 18.1 Å². The Morgan fingerprint density at radius 3 is 2.31 bits per heavy atom. The van der Waals surface area contributed by atoms with Gasteiger partial charge in [-0.05, 0) is 20.3 Å². The third kappa shape index (κ3) is 6.63. The molecule has 0 aliphatic carbocycles. The Morgan fingerprint density at radius 1 is 1.38 bits per heavy atom. The van der Waals surface area contributed by atoms with Crippen molar-refractivity contribution in [2.45, 2.75) is 45.7 Å². The average Bonchev–Trinajstić information content (AvgIpc) is 2.17. The summed E-state index contributed by atoms with van der Waals surface area (Å²) in [5.74, 6) is -1.35. The second-order valence-corrected chi connectivity index (χ2v) is 3.32. The van der Waals surface area contributed by atoms with Gasteiger partial charge in [-0.25, -0.2) is 0 Å². The summed E-state index contributed by atoms with van der Waals surface area (Å²) in [4.78, 5) is 22.0. The minimum Gasteiger partial charge on any atom is -0.480 e. The Hall–Kier alpha value is -0.810. The molecule has 0 saturated heterocycles. The fourth-order valence-electron chi connectivity index (χ4n) is 1.17. The molecule has 0 spiro atoms. The van der Waals surface area contributed by atoms with Crippen molar-refractivity contribution in [2.75, 3.05) is 6.61 Å². The first-order valence-electron chi connectivity index (χ1n) is 5.18. The number of carbonyl (C=O) groups is 2. The Bertz CT molecular complexity index is 223. The maximum atomic E-state index is 11.4. The highest BCUT2D eigenvalue weighted by molar-refractivity contribution is 5.85. The molecule has 0 aromatic carbocycles. The first-order valence-corrected chi connectivity index (χ1v) is 5.18. The highest BCUT2D eigenvalue weighted by atomic mass is 35.5. The summed E-state index contributed by atoms with van der Waals surface area (Å²) in [7, 11) is 0. The Kier molecular flexibility index (Phi) is 10.3. The molecule has 0 aromatic rings. The van der Waals surface area contributed by atoms with Crippen LogP contribution in [-0.2, 0) is 14.3 Å². The normalized spacial score (nSPS) is 13.4. The predicted octanol–water partition coefficient (Wildman–Crippen LogP) is 1.20. The zero-order chi connectivity index (χ0) is 11.8. The second-order valence-electron chi connectivity index (χ2n) is 3.32. The molecule has 0 unspecified atom stereocenters. The Labute approximate surface area is 102 Å². The Balaban J connectivity index is 0. The molecule has 0 saturated carbocycles. The van der Waals surface area contributed by atoms with Gasteiger partial charge in [0.1, 0.15) is 12.1 Å². The van der Waals surface area contributed by atoms with Crippen LogP contribution in [-0.4, -0.2) is 35.7 Å². The van der Waals surface area contributed by atoms with Crippen LogP contribution in [0.25, 0.3) is 0 Å². The minimum atomic E-state index is -0.972. The van der Waals surface area contributed by atoms with Crippen LogP contribution in [0, 0.1) is 0 Å². The van der Waals surface area contributed by atoms with Gasteiger partial charge in [0.2, 0.25) is 0 Å². The number of nitrogens with one attached hydrogen (secondary N) is 1. The summed E-state index contributed by atoms with van der Waals surface area (Å²) in [6.07, 6.45) is 1.37. The quantitative estimate of drug-likeness (QED) is 0.667. The number of carboxylic acids is 1. The third-order valence-electron chi connectivity index (χ3n) is 1.97. The SMILES string of the molecule is CCC[C@H](N[C@@H](C)C(=O)O)C(=O)OCC.Cl. The fraction of sp³-hybridized carbons (Fsp3) is 0.800. The lowest BCUT2D eigenvalue weighted by molar-refractivity contribution is -0.147. The number of hydrogen-bond acceptors (Lipinski definition) is 4. The van der Waals surface area contributed by atoms with Gasteiger partial charge in [0.25, 0.3) is 0 Å².